The largest absolute Gasteiger partial charge is 0.490 e. The second kappa shape index (κ2) is 9.03. The Labute approximate surface area is 184 Å². The van der Waals surface area contributed by atoms with Crippen molar-refractivity contribution in [1.82, 2.24) is 0 Å². The predicted octanol–water partition coefficient (Wildman–Crippen LogP) is 4.72. The first kappa shape index (κ1) is 23.3. The molecule has 0 aliphatic carbocycles. The number of carboxylic acids is 1. The van der Waals surface area contributed by atoms with Crippen LogP contribution in [0.3, 0.4) is 0 Å². The normalized spacial score (nSPS) is 11.0. The van der Waals surface area contributed by atoms with Gasteiger partial charge in [-0.1, -0.05) is 12.1 Å². The highest BCUT2D eigenvalue weighted by molar-refractivity contribution is 6.07. The third-order valence-corrected chi connectivity index (χ3v) is 4.58. The van der Waals surface area contributed by atoms with Gasteiger partial charge in [-0.25, -0.2) is 9.59 Å². The maximum atomic E-state index is 12.6. The number of carboxylic acid groups (broad SMARTS) is 1. The number of carbonyl (C=O) groups is 2. The number of anilines is 2. The summed E-state index contributed by atoms with van der Waals surface area (Å²) in [4.78, 5) is 33.0. The van der Waals surface area contributed by atoms with Crippen molar-refractivity contribution >= 4 is 45.0 Å². The van der Waals surface area contributed by atoms with Crippen LogP contribution in [0.15, 0.2) is 69.9 Å². The smallest absolute Gasteiger partial charge is 0.475 e. The molecule has 4 aromatic rings. The lowest BCUT2D eigenvalue weighted by Gasteiger charge is -2.08. The molecule has 0 aliphatic rings. The maximum absolute atomic E-state index is 12.6. The van der Waals surface area contributed by atoms with Crippen molar-refractivity contribution in [3.05, 3.63) is 82.2 Å². The molecule has 0 saturated carbocycles. The number of amides is 1. The van der Waals surface area contributed by atoms with Crippen LogP contribution >= 0.6 is 0 Å². The highest BCUT2D eigenvalue weighted by Crippen LogP contribution is 2.23. The van der Waals surface area contributed by atoms with Crippen molar-refractivity contribution in [2.75, 3.05) is 11.1 Å². The monoisotopic (exact) mass is 458 g/mol. The van der Waals surface area contributed by atoms with Crippen molar-refractivity contribution in [2.45, 2.75) is 13.1 Å². The quantitative estimate of drug-likeness (QED) is 0.295. The molecular formula is C23H17F3N2O5. The second-order valence-corrected chi connectivity index (χ2v) is 7.04. The Morgan fingerprint density at radius 1 is 0.970 bits per heavy atom. The van der Waals surface area contributed by atoms with Crippen LogP contribution in [0.2, 0.25) is 0 Å². The molecule has 4 N–H and O–H groups in total. The summed E-state index contributed by atoms with van der Waals surface area (Å²) < 4.78 is 37.0. The molecule has 10 heteroatoms. The molecule has 0 radical (unpaired) electrons. The third-order valence-electron chi connectivity index (χ3n) is 4.58. The molecule has 0 bridgehead atoms. The Morgan fingerprint density at radius 3 is 2.27 bits per heavy atom. The summed E-state index contributed by atoms with van der Waals surface area (Å²) in [6.07, 6.45) is -5.08. The minimum atomic E-state index is -5.08. The van der Waals surface area contributed by atoms with Crippen LogP contribution in [0.4, 0.5) is 24.5 Å². The molecule has 0 spiro atoms. The Balaban J connectivity index is 0.000000383. The summed E-state index contributed by atoms with van der Waals surface area (Å²) in [7, 11) is 0. The van der Waals surface area contributed by atoms with Gasteiger partial charge >= 0.3 is 17.8 Å². The van der Waals surface area contributed by atoms with E-state index in [-0.39, 0.29) is 5.91 Å². The topological polar surface area (TPSA) is 123 Å². The van der Waals surface area contributed by atoms with E-state index in [1.54, 1.807) is 24.3 Å². The van der Waals surface area contributed by atoms with E-state index in [1.165, 1.54) is 6.07 Å². The zero-order chi connectivity index (χ0) is 24.3. The summed E-state index contributed by atoms with van der Waals surface area (Å²) >= 11 is 0. The molecule has 7 nitrogen and oxygen atoms in total. The van der Waals surface area contributed by atoms with E-state index in [4.69, 9.17) is 20.1 Å². The number of fused-ring (bicyclic) bond motifs is 2. The zero-order valence-corrected chi connectivity index (χ0v) is 17.1. The fraction of sp³-hybridized carbons (Fsp3) is 0.0870. The third kappa shape index (κ3) is 5.67. The van der Waals surface area contributed by atoms with Gasteiger partial charge in [0.2, 0.25) is 0 Å². The Kier molecular flexibility index (Phi) is 6.38. The number of carbonyl (C=O) groups excluding carboxylic acids is 1. The van der Waals surface area contributed by atoms with Crippen molar-refractivity contribution in [3.8, 4) is 0 Å². The van der Waals surface area contributed by atoms with E-state index in [1.807, 2.05) is 37.3 Å². The molecule has 1 amide bonds. The van der Waals surface area contributed by atoms with Crippen molar-refractivity contribution in [3.63, 3.8) is 0 Å². The van der Waals surface area contributed by atoms with E-state index in [2.05, 4.69) is 5.32 Å². The number of nitrogens with two attached hydrogens (primary N) is 1. The van der Waals surface area contributed by atoms with Crippen LogP contribution in [-0.4, -0.2) is 23.2 Å². The lowest BCUT2D eigenvalue weighted by molar-refractivity contribution is -0.192. The zero-order valence-electron chi connectivity index (χ0n) is 17.1. The first-order valence-corrected chi connectivity index (χ1v) is 9.39. The average molecular weight is 458 g/mol. The minimum absolute atomic E-state index is 0.238. The van der Waals surface area contributed by atoms with Gasteiger partial charge in [-0.15, -0.1) is 0 Å². The van der Waals surface area contributed by atoms with E-state index in [0.29, 0.717) is 22.5 Å². The number of aryl methyl sites for hydroxylation is 1. The minimum Gasteiger partial charge on any atom is -0.475 e. The molecule has 1 heterocycles. The van der Waals surface area contributed by atoms with Gasteiger partial charge in [0, 0.05) is 34.5 Å². The summed E-state index contributed by atoms with van der Waals surface area (Å²) in [5.74, 6) is -2.99. The molecular weight excluding hydrogens is 441 g/mol. The van der Waals surface area contributed by atoms with Crippen LogP contribution in [-0.2, 0) is 4.79 Å². The lowest BCUT2D eigenvalue weighted by atomic mass is 10.1. The molecule has 170 valence electrons. The van der Waals surface area contributed by atoms with E-state index < -0.39 is 17.8 Å². The highest BCUT2D eigenvalue weighted by atomic mass is 19.4. The molecule has 0 unspecified atom stereocenters. The van der Waals surface area contributed by atoms with E-state index in [9.17, 15) is 22.8 Å². The number of rotatable bonds is 2. The number of hydrogen-bond donors (Lipinski definition) is 3. The van der Waals surface area contributed by atoms with Crippen LogP contribution in [0.5, 0.6) is 0 Å². The maximum Gasteiger partial charge on any atom is 0.490 e. The SMILES string of the molecule is Cc1cc(=O)oc2cc(NC(=O)c3ccc4cc(N)ccc4c3)ccc12.O=C(O)C(F)(F)F. The van der Waals surface area contributed by atoms with Gasteiger partial charge in [0.05, 0.1) is 0 Å². The second-order valence-electron chi connectivity index (χ2n) is 7.04. The summed E-state index contributed by atoms with van der Waals surface area (Å²) in [5, 5.41) is 12.7. The first-order chi connectivity index (χ1) is 15.4. The lowest BCUT2D eigenvalue weighted by Crippen LogP contribution is -2.21. The van der Waals surface area contributed by atoms with Crippen LogP contribution < -0.4 is 16.7 Å². The Hall–Kier alpha value is -4.34. The van der Waals surface area contributed by atoms with Gasteiger partial charge in [0.15, 0.2) is 0 Å². The number of halogens is 3. The molecule has 3 aromatic carbocycles. The number of alkyl halides is 3. The molecule has 0 aliphatic heterocycles. The molecule has 0 fully saturated rings. The summed E-state index contributed by atoms with van der Waals surface area (Å²) in [6, 6.07) is 17.7. The van der Waals surface area contributed by atoms with Crippen LogP contribution in [0.1, 0.15) is 15.9 Å². The number of hydrogen-bond acceptors (Lipinski definition) is 5. The average Bonchev–Trinajstić information content (AvgIpc) is 2.72. The van der Waals surface area contributed by atoms with Gasteiger partial charge in [-0.3, -0.25) is 4.79 Å². The molecule has 0 atom stereocenters. The van der Waals surface area contributed by atoms with Gasteiger partial charge < -0.3 is 20.6 Å². The van der Waals surface area contributed by atoms with Gasteiger partial charge in [-0.2, -0.15) is 13.2 Å². The standard InChI is InChI=1S/C21H16N2O3.C2HF3O2/c1-12-8-20(24)26-19-11-17(6-7-18(12)19)23-21(25)15-3-2-14-10-16(22)5-4-13(14)9-15;3-2(4,5)1(6)7/h2-11H,22H2,1H3,(H,23,25);(H,6,7). The fourth-order valence-corrected chi connectivity index (χ4v) is 3.01. The predicted molar refractivity (Wildman–Crippen MR) is 117 cm³/mol. The Morgan fingerprint density at radius 2 is 1.61 bits per heavy atom. The number of aliphatic carboxylic acids is 1. The van der Waals surface area contributed by atoms with Crippen LogP contribution in [0, 0.1) is 6.92 Å². The fourth-order valence-electron chi connectivity index (χ4n) is 3.01. The number of nitrogens with one attached hydrogen (secondary N) is 1. The summed E-state index contributed by atoms with van der Waals surface area (Å²) in [5.41, 5.74) is 8.43. The van der Waals surface area contributed by atoms with E-state index >= 15 is 0 Å². The van der Waals surface area contributed by atoms with Crippen molar-refractivity contribution in [2.24, 2.45) is 0 Å². The molecule has 0 saturated heterocycles. The number of nitrogen functional groups attached to an aromatic ring is 1. The van der Waals surface area contributed by atoms with Crippen LogP contribution in [0.25, 0.3) is 21.7 Å². The van der Waals surface area contributed by atoms with Gasteiger partial charge in [-0.05, 0) is 59.7 Å². The molecule has 1 aromatic heterocycles. The molecule has 4 rings (SSSR count). The Bertz CT molecular complexity index is 1430. The van der Waals surface area contributed by atoms with Gasteiger partial charge in [0.25, 0.3) is 5.91 Å². The summed E-state index contributed by atoms with van der Waals surface area (Å²) in [6.45, 7) is 1.85. The first-order valence-electron chi connectivity index (χ1n) is 9.39. The van der Waals surface area contributed by atoms with Crippen molar-refractivity contribution in [1.29, 1.82) is 0 Å². The van der Waals surface area contributed by atoms with Crippen molar-refractivity contribution < 1.29 is 32.3 Å². The number of benzene rings is 3. The molecule has 33 heavy (non-hydrogen) atoms. The highest BCUT2D eigenvalue weighted by Gasteiger charge is 2.38. The van der Waals surface area contributed by atoms with E-state index in [0.717, 1.165) is 21.7 Å². The van der Waals surface area contributed by atoms with Gasteiger partial charge in [0.1, 0.15) is 5.58 Å².